The van der Waals surface area contributed by atoms with E-state index < -0.39 is 0 Å². The Bertz CT molecular complexity index is 652. The fourth-order valence-electron chi connectivity index (χ4n) is 1.80. The van der Waals surface area contributed by atoms with Crippen molar-refractivity contribution < 1.29 is 14.2 Å². The van der Waals surface area contributed by atoms with Crippen LogP contribution in [-0.2, 0) is 11.3 Å². The zero-order chi connectivity index (χ0) is 15.4. The smallest absolute Gasteiger partial charge is 0.165 e. The molecule has 0 atom stereocenters. The third kappa shape index (κ3) is 3.56. The van der Waals surface area contributed by atoms with E-state index in [2.05, 4.69) is 32.6 Å². The summed E-state index contributed by atoms with van der Waals surface area (Å²) in [5.74, 6) is 1.82. The number of hydrogen-bond donors (Lipinski definition) is 0. The van der Waals surface area contributed by atoms with Gasteiger partial charge < -0.3 is 14.2 Å². The number of ether oxygens (including phenoxy) is 3. The maximum atomic E-state index is 6.19. The van der Waals surface area contributed by atoms with Gasteiger partial charge in [-0.1, -0.05) is 11.6 Å². The van der Waals surface area contributed by atoms with Crippen molar-refractivity contribution in [2.24, 2.45) is 0 Å². The molecule has 0 aliphatic heterocycles. The molecule has 0 saturated heterocycles. The lowest BCUT2D eigenvalue weighted by molar-refractivity contribution is 0.181. The van der Waals surface area contributed by atoms with Crippen LogP contribution in [0, 0.1) is 3.57 Å². The molecule has 0 aliphatic rings. The lowest BCUT2D eigenvalue weighted by Crippen LogP contribution is -2.03. The molecule has 5 nitrogen and oxygen atoms in total. The van der Waals surface area contributed by atoms with Gasteiger partial charge in [-0.2, -0.15) is 0 Å². The van der Waals surface area contributed by atoms with E-state index in [9.17, 15) is 0 Å². The van der Waals surface area contributed by atoms with E-state index in [-0.39, 0.29) is 0 Å². The van der Waals surface area contributed by atoms with Crippen molar-refractivity contribution in [3.63, 3.8) is 0 Å². The van der Waals surface area contributed by atoms with Gasteiger partial charge in [-0.15, -0.1) is 0 Å². The minimum absolute atomic E-state index is 0.361. The van der Waals surface area contributed by atoms with Crippen molar-refractivity contribution in [2.75, 3.05) is 21.3 Å². The fourth-order valence-corrected chi connectivity index (χ4v) is 2.39. The number of hydrogen-bond acceptors (Lipinski definition) is 5. The number of benzene rings is 1. The molecule has 0 spiro atoms. The molecule has 0 aliphatic carbocycles. The molecule has 112 valence electrons. The van der Waals surface area contributed by atoms with Gasteiger partial charge in [0.05, 0.1) is 35.7 Å². The summed E-state index contributed by atoms with van der Waals surface area (Å²) in [4.78, 5) is 8.84. The summed E-state index contributed by atoms with van der Waals surface area (Å²) in [7, 11) is 4.80. The Labute approximate surface area is 141 Å². The first-order valence-corrected chi connectivity index (χ1v) is 7.49. The summed E-state index contributed by atoms with van der Waals surface area (Å²) in [6.07, 6.45) is 0. The molecule has 1 aromatic heterocycles. The van der Waals surface area contributed by atoms with Crippen molar-refractivity contribution in [2.45, 2.75) is 6.61 Å². The van der Waals surface area contributed by atoms with Crippen LogP contribution in [0.5, 0.6) is 11.5 Å². The fraction of sp³-hybridized carbons (Fsp3) is 0.286. The molecular weight excluding hydrogens is 407 g/mol. The predicted octanol–water partition coefficient (Wildman–Crippen LogP) is 3.57. The van der Waals surface area contributed by atoms with E-state index in [1.807, 2.05) is 12.1 Å². The van der Waals surface area contributed by atoms with Crippen LogP contribution in [0.2, 0.25) is 5.15 Å². The summed E-state index contributed by atoms with van der Waals surface area (Å²) >= 11 is 8.29. The van der Waals surface area contributed by atoms with E-state index in [4.69, 9.17) is 25.8 Å². The molecular formula is C14H14ClIN2O3. The second kappa shape index (κ2) is 7.24. The standard InChI is InChI=1S/C14H14ClIN2O3/c1-19-7-10-12(16)13(15)18-14(17-10)9-6-8(20-2)4-5-11(9)21-3/h4-6H,7H2,1-3H3. The van der Waals surface area contributed by atoms with Gasteiger partial charge in [0.1, 0.15) is 16.7 Å². The maximum absolute atomic E-state index is 6.19. The number of methoxy groups -OCH3 is 3. The molecule has 0 N–H and O–H groups in total. The minimum Gasteiger partial charge on any atom is -0.497 e. The number of rotatable bonds is 5. The van der Waals surface area contributed by atoms with E-state index >= 15 is 0 Å². The Kier molecular flexibility index (Phi) is 5.60. The van der Waals surface area contributed by atoms with Crippen molar-refractivity contribution >= 4 is 34.2 Å². The third-order valence-electron chi connectivity index (χ3n) is 2.81. The first-order chi connectivity index (χ1) is 10.1. The van der Waals surface area contributed by atoms with Gasteiger partial charge in [-0.25, -0.2) is 9.97 Å². The number of halogens is 2. The topological polar surface area (TPSA) is 53.5 Å². The second-order valence-electron chi connectivity index (χ2n) is 4.10. The Balaban J connectivity index is 2.60. The summed E-state index contributed by atoms with van der Waals surface area (Å²) in [5, 5.41) is 0.387. The van der Waals surface area contributed by atoms with Crippen LogP contribution < -0.4 is 9.47 Å². The molecule has 2 aromatic rings. The summed E-state index contributed by atoms with van der Waals surface area (Å²) < 4.78 is 16.5. The quantitative estimate of drug-likeness (QED) is 0.547. The van der Waals surface area contributed by atoms with Gasteiger partial charge in [0.15, 0.2) is 5.82 Å². The van der Waals surface area contributed by atoms with Gasteiger partial charge >= 0.3 is 0 Å². The van der Waals surface area contributed by atoms with Crippen LogP contribution >= 0.6 is 34.2 Å². The third-order valence-corrected chi connectivity index (χ3v) is 4.53. The van der Waals surface area contributed by atoms with Gasteiger partial charge in [0, 0.05) is 7.11 Å². The van der Waals surface area contributed by atoms with Crippen LogP contribution in [-0.4, -0.2) is 31.3 Å². The molecule has 7 heteroatoms. The first kappa shape index (κ1) is 16.3. The van der Waals surface area contributed by atoms with Gasteiger partial charge in [-0.3, -0.25) is 0 Å². The van der Waals surface area contributed by atoms with Crippen LogP contribution in [0.3, 0.4) is 0 Å². The van der Waals surface area contributed by atoms with Crippen LogP contribution in [0.25, 0.3) is 11.4 Å². The zero-order valence-electron chi connectivity index (χ0n) is 11.8. The Morgan fingerprint density at radius 2 is 1.90 bits per heavy atom. The Morgan fingerprint density at radius 1 is 1.14 bits per heavy atom. The first-order valence-electron chi connectivity index (χ1n) is 6.04. The normalized spacial score (nSPS) is 10.5. The maximum Gasteiger partial charge on any atom is 0.165 e. The number of nitrogens with zero attached hydrogens (tertiary/aromatic N) is 2. The van der Waals surface area contributed by atoms with E-state index in [0.29, 0.717) is 34.6 Å². The van der Waals surface area contributed by atoms with Crippen molar-refractivity contribution in [3.8, 4) is 22.9 Å². The van der Waals surface area contributed by atoms with Crippen molar-refractivity contribution in [1.29, 1.82) is 0 Å². The van der Waals surface area contributed by atoms with E-state index in [1.165, 1.54) is 0 Å². The monoisotopic (exact) mass is 420 g/mol. The highest BCUT2D eigenvalue weighted by atomic mass is 127. The SMILES string of the molecule is COCc1nc(-c2cc(OC)ccc2OC)nc(Cl)c1I. The van der Waals surface area contributed by atoms with Gasteiger partial charge in [0.25, 0.3) is 0 Å². The molecule has 21 heavy (non-hydrogen) atoms. The second-order valence-corrected chi connectivity index (χ2v) is 5.53. The van der Waals surface area contributed by atoms with Crippen molar-refractivity contribution in [1.82, 2.24) is 9.97 Å². The number of aromatic nitrogens is 2. The summed E-state index contributed by atoms with van der Waals surface area (Å²) in [6.45, 7) is 0.361. The molecule has 2 rings (SSSR count). The minimum atomic E-state index is 0.361. The van der Waals surface area contributed by atoms with E-state index in [0.717, 1.165) is 9.26 Å². The molecule has 0 bridgehead atoms. The molecule has 0 radical (unpaired) electrons. The lowest BCUT2D eigenvalue weighted by Gasteiger charge is -2.12. The van der Waals surface area contributed by atoms with Crippen molar-refractivity contribution in [3.05, 3.63) is 32.6 Å². The molecule has 1 heterocycles. The van der Waals surface area contributed by atoms with E-state index in [1.54, 1.807) is 27.4 Å². The molecule has 0 saturated carbocycles. The summed E-state index contributed by atoms with van der Waals surface area (Å²) in [6, 6.07) is 5.43. The van der Waals surface area contributed by atoms with Gasteiger partial charge in [0.2, 0.25) is 0 Å². The molecule has 1 aromatic carbocycles. The molecule has 0 unspecified atom stereocenters. The van der Waals surface area contributed by atoms with Crippen LogP contribution in [0.4, 0.5) is 0 Å². The largest absolute Gasteiger partial charge is 0.497 e. The van der Waals surface area contributed by atoms with Crippen LogP contribution in [0.15, 0.2) is 18.2 Å². The highest BCUT2D eigenvalue weighted by Gasteiger charge is 2.16. The molecule has 0 fully saturated rings. The highest BCUT2D eigenvalue weighted by Crippen LogP contribution is 2.33. The molecule has 0 amide bonds. The predicted molar refractivity (Wildman–Crippen MR) is 89.0 cm³/mol. The summed E-state index contributed by atoms with van der Waals surface area (Å²) in [5.41, 5.74) is 1.45. The average molecular weight is 421 g/mol. The lowest BCUT2D eigenvalue weighted by atomic mass is 10.1. The van der Waals surface area contributed by atoms with Gasteiger partial charge in [-0.05, 0) is 40.8 Å². The average Bonchev–Trinajstić information content (AvgIpc) is 2.51. The van der Waals surface area contributed by atoms with Crippen LogP contribution in [0.1, 0.15) is 5.69 Å². The zero-order valence-corrected chi connectivity index (χ0v) is 14.7. The Morgan fingerprint density at radius 3 is 2.52 bits per heavy atom. The Hall–Kier alpha value is -1.12. The highest BCUT2D eigenvalue weighted by molar-refractivity contribution is 14.1.